The van der Waals surface area contributed by atoms with Crippen LogP contribution in [0.15, 0.2) is 54.9 Å². The molecule has 0 atom stereocenters. The molecule has 2 aromatic heterocycles. The molecule has 9 nitrogen and oxygen atoms in total. The zero-order chi connectivity index (χ0) is 22.9. The molecule has 0 aliphatic carbocycles. The number of aromatic nitrogens is 3. The molecule has 3 aromatic rings. The van der Waals surface area contributed by atoms with Gasteiger partial charge in [0, 0.05) is 44.0 Å². The normalized spacial score (nSPS) is 14.5. The monoisotopic (exact) mass is 446 g/mol. The molecule has 32 heavy (non-hydrogen) atoms. The number of anilines is 1. The van der Waals surface area contributed by atoms with Crippen LogP contribution in [0.2, 0.25) is 0 Å². The summed E-state index contributed by atoms with van der Waals surface area (Å²) in [4.78, 5) is 30.7. The Morgan fingerprint density at radius 3 is 2.22 bits per heavy atom. The van der Waals surface area contributed by atoms with Crippen molar-refractivity contribution in [1.29, 1.82) is 0 Å². The average molecular weight is 446 g/mol. The Labute approximate surface area is 179 Å². The van der Waals surface area contributed by atoms with E-state index in [0.717, 1.165) is 10.7 Å². The van der Waals surface area contributed by atoms with E-state index in [0.29, 0.717) is 43.2 Å². The lowest BCUT2D eigenvalue weighted by atomic mass is 10.1. The van der Waals surface area contributed by atoms with Crippen LogP contribution in [-0.4, -0.2) is 56.7 Å². The second-order valence-corrected chi connectivity index (χ2v) is 7.10. The minimum absolute atomic E-state index is 0.0873. The SMILES string of the molecule is O=C(c1ccc(-n2ccc(C(F)(F)F)n2)cc1)N1CCN(c2ccc([N+](=O)[O-])cn2)CC1. The number of nitrogens with zero attached hydrogens (tertiary/aromatic N) is 6. The number of piperazine rings is 1. The molecule has 1 aliphatic rings. The van der Waals surface area contributed by atoms with Gasteiger partial charge in [-0.05, 0) is 36.4 Å². The van der Waals surface area contributed by atoms with Crippen LogP contribution in [0.25, 0.3) is 5.69 Å². The summed E-state index contributed by atoms with van der Waals surface area (Å²) in [5.41, 5.74) is -0.251. The van der Waals surface area contributed by atoms with E-state index in [1.165, 1.54) is 30.6 Å². The van der Waals surface area contributed by atoms with Gasteiger partial charge in [-0.3, -0.25) is 14.9 Å². The van der Waals surface area contributed by atoms with Gasteiger partial charge in [-0.1, -0.05) is 0 Å². The van der Waals surface area contributed by atoms with Crippen LogP contribution in [0, 0.1) is 10.1 Å². The van der Waals surface area contributed by atoms with Crippen LogP contribution < -0.4 is 4.90 Å². The molecule has 0 radical (unpaired) electrons. The van der Waals surface area contributed by atoms with Crippen LogP contribution in [-0.2, 0) is 6.18 Å². The quantitative estimate of drug-likeness (QED) is 0.451. The molecule has 1 saturated heterocycles. The first-order valence-electron chi connectivity index (χ1n) is 9.60. The number of nitro groups is 1. The number of rotatable bonds is 4. The summed E-state index contributed by atoms with van der Waals surface area (Å²) in [6, 6.07) is 10.0. The Morgan fingerprint density at radius 2 is 1.69 bits per heavy atom. The van der Waals surface area contributed by atoms with Gasteiger partial charge in [-0.25, -0.2) is 9.67 Å². The van der Waals surface area contributed by atoms with Crippen molar-refractivity contribution in [3.8, 4) is 5.69 Å². The molecule has 0 bridgehead atoms. The van der Waals surface area contributed by atoms with Crippen molar-refractivity contribution in [2.75, 3.05) is 31.1 Å². The fourth-order valence-electron chi connectivity index (χ4n) is 3.37. The Morgan fingerprint density at radius 1 is 1.00 bits per heavy atom. The molecule has 12 heteroatoms. The van der Waals surface area contributed by atoms with Gasteiger partial charge in [0.1, 0.15) is 12.0 Å². The maximum atomic E-state index is 12.8. The van der Waals surface area contributed by atoms with Crippen LogP contribution in [0.4, 0.5) is 24.7 Å². The molecule has 4 rings (SSSR count). The fourth-order valence-corrected chi connectivity index (χ4v) is 3.37. The molecule has 0 N–H and O–H groups in total. The summed E-state index contributed by atoms with van der Waals surface area (Å²) < 4.78 is 39.3. The summed E-state index contributed by atoms with van der Waals surface area (Å²) in [6.45, 7) is 1.91. The van der Waals surface area contributed by atoms with E-state index in [1.54, 1.807) is 23.1 Å². The van der Waals surface area contributed by atoms with Gasteiger partial charge in [-0.15, -0.1) is 0 Å². The van der Waals surface area contributed by atoms with Crippen molar-refractivity contribution in [3.63, 3.8) is 0 Å². The van der Waals surface area contributed by atoms with E-state index in [-0.39, 0.29) is 11.6 Å². The minimum atomic E-state index is -4.52. The zero-order valence-corrected chi connectivity index (χ0v) is 16.6. The zero-order valence-electron chi connectivity index (χ0n) is 16.6. The van der Waals surface area contributed by atoms with Gasteiger partial charge in [0.05, 0.1) is 10.6 Å². The largest absolute Gasteiger partial charge is 0.435 e. The molecule has 166 valence electrons. The van der Waals surface area contributed by atoms with Crippen molar-refractivity contribution in [2.45, 2.75) is 6.18 Å². The smallest absolute Gasteiger partial charge is 0.353 e. The number of pyridine rings is 1. The lowest BCUT2D eigenvalue weighted by molar-refractivity contribution is -0.385. The number of alkyl halides is 3. The second kappa shape index (κ2) is 8.29. The predicted molar refractivity (Wildman–Crippen MR) is 108 cm³/mol. The van der Waals surface area contributed by atoms with E-state index >= 15 is 0 Å². The summed E-state index contributed by atoms with van der Waals surface area (Å²) in [5.74, 6) is 0.411. The maximum Gasteiger partial charge on any atom is 0.435 e. The highest BCUT2D eigenvalue weighted by Crippen LogP contribution is 2.28. The Balaban J connectivity index is 1.38. The third-order valence-corrected chi connectivity index (χ3v) is 5.09. The van der Waals surface area contributed by atoms with E-state index in [1.807, 2.05) is 4.90 Å². The van der Waals surface area contributed by atoms with Crippen molar-refractivity contribution < 1.29 is 22.9 Å². The number of halogens is 3. The van der Waals surface area contributed by atoms with E-state index in [4.69, 9.17) is 0 Å². The topological polar surface area (TPSA) is 97.4 Å². The van der Waals surface area contributed by atoms with Crippen LogP contribution in [0.1, 0.15) is 16.1 Å². The molecule has 3 heterocycles. The summed E-state index contributed by atoms with van der Waals surface area (Å²) in [7, 11) is 0. The van der Waals surface area contributed by atoms with Crippen molar-refractivity contribution >= 4 is 17.4 Å². The van der Waals surface area contributed by atoms with Crippen molar-refractivity contribution in [3.05, 3.63) is 76.2 Å². The lowest BCUT2D eigenvalue weighted by Gasteiger charge is -2.35. The molecule has 0 unspecified atom stereocenters. The second-order valence-electron chi connectivity index (χ2n) is 7.10. The van der Waals surface area contributed by atoms with E-state index < -0.39 is 16.8 Å². The van der Waals surface area contributed by atoms with Gasteiger partial charge in [-0.2, -0.15) is 18.3 Å². The highest BCUT2D eigenvalue weighted by atomic mass is 19.4. The predicted octanol–water partition coefficient (Wildman–Crippen LogP) is 3.16. The number of amides is 1. The molecule has 1 fully saturated rings. The molecule has 1 aromatic carbocycles. The first kappa shape index (κ1) is 21.3. The van der Waals surface area contributed by atoms with Crippen LogP contribution in [0.5, 0.6) is 0 Å². The number of carbonyl (C=O) groups is 1. The van der Waals surface area contributed by atoms with E-state index in [2.05, 4.69) is 10.1 Å². The van der Waals surface area contributed by atoms with Crippen LogP contribution >= 0.6 is 0 Å². The molecular weight excluding hydrogens is 429 g/mol. The summed E-state index contributed by atoms with van der Waals surface area (Å²) in [5, 5.41) is 14.3. The third kappa shape index (κ3) is 4.38. The third-order valence-electron chi connectivity index (χ3n) is 5.09. The van der Waals surface area contributed by atoms with Gasteiger partial charge in [0.2, 0.25) is 0 Å². The molecule has 1 aliphatic heterocycles. The first-order chi connectivity index (χ1) is 15.2. The highest BCUT2D eigenvalue weighted by Gasteiger charge is 2.33. The van der Waals surface area contributed by atoms with Crippen molar-refractivity contribution in [2.24, 2.45) is 0 Å². The van der Waals surface area contributed by atoms with Gasteiger partial charge >= 0.3 is 6.18 Å². The van der Waals surface area contributed by atoms with Gasteiger partial charge in [0.25, 0.3) is 11.6 Å². The van der Waals surface area contributed by atoms with E-state index in [9.17, 15) is 28.1 Å². The first-order valence-corrected chi connectivity index (χ1v) is 9.60. The summed E-state index contributed by atoms with van der Waals surface area (Å²) >= 11 is 0. The standard InChI is InChI=1S/C20H17F3N6O3/c21-20(22,23)17-7-8-28(25-17)15-3-1-14(2-4-15)19(30)27-11-9-26(10-12-27)18-6-5-16(13-24-18)29(31)32/h1-8,13H,9-12H2. The van der Waals surface area contributed by atoms with Crippen LogP contribution in [0.3, 0.4) is 0 Å². The minimum Gasteiger partial charge on any atom is -0.353 e. The number of carbonyl (C=O) groups excluding carboxylic acids is 1. The van der Waals surface area contributed by atoms with Gasteiger partial charge in [0.15, 0.2) is 5.69 Å². The highest BCUT2D eigenvalue weighted by molar-refractivity contribution is 5.94. The average Bonchev–Trinajstić information content (AvgIpc) is 3.30. The molecule has 0 spiro atoms. The lowest BCUT2D eigenvalue weighted by Crippen LogP contribution is -2.49. The number of benzene rings is 1. The van der Waals surface area contributed by atoms with Gasteiger partial charge < -0.3 is 9.80 Å². The molecule has 0 saturated carbocycles. The number of hydrogen-bond donors (Lipinski definition) is 0. The fraction of sp³-hybridized carbons (Fsp3) is 0.250. The Hall–Kier alpha value is -3.96. The molecular formula is C20H17F3N6O3. The Kier molecular flexibility index (Phi) is 5.51. The summed E-state index contributed by atoms with van der Waals surface area (Å²) in [6.07, 6.45) is -2.11. The molecule has 1 amide bonds. The number of hydrogen-bond acceptors (Lipinski definition) is 6. The Bertz CT molecular complexity index is 1120. The maximum absolute atomic E-state index is 12.8. The van der Waals surface area contributed by atoms with Crippen molar-refractivity contribution in [1.82, 2.24) is 19.7 Å².